The van der Waals surface area contributed by atoms with Crippen LogP contribution in [0.4, 0.5) is 0 Å². The van der Waals surface area contributed by atoms with Crippen LogP contribution in [0.2, 0.25) is 0 Å². The number of piperidine rings is 2. The van der Waals surface area contributed by atoms with Gasteiger partial charge in [-0.15, -0.1) is 0 Å². The van der Waals surface area contributed by atoms with Gasteiger partial charge in [-0.1, -0.05) is 213 Å². The van der Waals surface area contributed by atoms with Crippen LogP contribution in [0.1, 0.15) is 307 Å². The number of carbonyl (C=O) groups excluding carboxylic acids is 1. The first kappa shape index (κ1) is 54.6. The van der Waals surface area contributed by atoms with Crippen LogP contribution in [0.15, 0.2) is 0 Å². The number of hydrogen-bond donors (Lipinski definition) is 2. The standard InChI is InChI=1S/C27H53NO.C27H55N/c1-6-7-8-9-10-11-12-13-14-15-16-17-18-19-20-21-25(29)24-22-26(2,3)28-27(4,5)23-24;1-6-7-8-9-10-11-12-13-14-15-16-17-18-19-20-21-22-25-23-26(2,3)28-27(4,5)24-25/h24,28H,6-23H2,1-5H3;25,28H,6-24H2,1-5H3. The van der Waals surface area contributed by atoms with E-state index >= 15 is 0 Å². The van der Waals surface area contributed by atoms with Gasteiger partial charge in [-0.2, -0.15) is 0 Å². The van der Waals surface area contributed by atoms with E-state index in [0.717, 1.165) is 31.6 Å². The van der Waals surface area contributed by atoms with Crippen molar-refractivity contribution in [2.75, 3.05) is 0 Å². The summed E-state index contributed by atoms with van der Waals surface area (Å²) in [5.41, 5.74) is 0.803. The highest BCUT2D eigenvalue weighted by molar-refractivity contribution is 5.81. The van der Waals surface area contributed by atoms with Gasteiger partial charge in [0, 0.05) is 34.5 Å². The van der Waals surface area contributed by atoms with E-state index in [9.17, 15) is 4.79 Å². The van der Waals surface area contributed by atoms with E-state index in [1.165, 1.54) is 212 Å². The molecule has 0 atom stereocenters. The Bertz CT molecular complexity index is 902. The van der Waals surface area contributed by atoms with Gasteiger partial charge in [-0.25, -0.2) is 0 Å². The van der Waals surface area contributed by atoms with Gasteiger partial charge in [0.25, 0.3) is 0 Å². The number of rotatable bonds is 34. The van der Waals surface area contributed by atoms with E-state index in [4.69, 9.17) is 0 Å². The Hall–Kier alpha value is -0.410. The maximum Gasteiger partial charge on any atom is 0.136 e. The molecule has 340 valence electrons. The third-order valence-corrected chi connectivity index (χ3v) is 13.4. The highest BCUT2D eigenvalue weighted by Gasteiger charge is 2.40. The first-order chi connectivity index (χ1) is 27.1. The predicted molar refractivity (Wildman–Crippen MR) is 257 cm³/mol. The number of ketones is 1. The lowest BCUT2D eigenvalue weighted by atomic mass is 9.73. The second-order valence-electron chi connectivity index (χ2n) is 22.4. The van der Waals surface area contributed by atoms with Crippen LogP contribution in [0.3, 0.4) is 0 Å². The quantitative estimate of drug-likeness (QED) is 0.0637. The minimum Gasteiger partial charge on any atom is -0.307 e. The fourth-order valence-corrected chi connectivity index (χ4v) is 11.1. The summed E-state index contributed by atoms with van der Waals surface area (Å²) in [6, 6.07) is 0. The molecular weight excluding hydrogens is 693 g/mol. The van der Waals surface area contributed by atoms with Crippen molar-refractivity contribution in [3.8, 4) is 0 Å². The van der Waals surface area contributed by atoms with Crippen LogP contribution in [0.25, 0.3) is 0 Å². The van der Waals surface area contributed by atoms with E-state index in [0.29, 0.717) is 16.9 Å². The smallest absolute Gasteiger partial charge is 0.136 e. The molecule has 0 amide bonds. The number of carbonyl (C=O) groups is 1. The number of unbranched alkanes of at least 4 members (excludes halogenated alkanes) is 29. The Morgan fingerprint density at radius 3 is 0.912 bits per heavy atom. The molecule has 2 saturated heterocycles. The van der Waals surface area contributed by atoms with Crippen molar-refractivity contribution < 1.29 is 4.79 Å². The zero-order valence-electron chi connectivity index (χ0n) is 41.2. The third-order valence-electron chi connectivity index (χ3n) is 13.4. The van der Waals surface area contributed by atoms with Gasteiger partial charge in [-0.05, 0) is 93.4 Å². The average molecular weight is 801 g/mol. The first-order valence-corrected chi connectivity index (χ1v) is 26.2. The number of hydrogen-bond acceptors (Lipinski definition) is 3. The van der Waals surface area contributed by atoms with Crippen molar-refractivity contribution in [2.24, 2.45) is 11.8 Å². The van der Waals surface area contributed by atoms with Crippen molar-refractivity contribution in [2.45, 2.75) is 329 Å². The largest absolute Gasteiger partial charge is 0.307 e. The maximum atomic E-state index is 12.7. The molecule has 0 unspecified atom stereocenters. The summed E-state index contributed by atoms with van der Waals surface area (Å²) < 4.78 is 0. The Kier molecular flexibility index (Phi) is 31.0. The molecule has 0 aliphatic carbocycles. The van der Waals surface area contributed by atoms with E-state index in [-0.39, 0.29) is 17.0 Å². The molecule has 57 heavy (non-hydrogen) atoms. The molecule has 0 spiro atoms. The molecule has 3 heteroatoms. The molecule has 0 radical (unpaired) electrons. The topological polar surface area (TPSA) is 41.1 Å². The SMILES string of the molecule is CCCCCCCCCCCCCCCCCC(=O)C1CC(C)(C)NC(C)(C)C1.CCCCCCCCCCCCCCCCCCC1CC(C)(C)NC(C)(C)C1. The maximum absolute atomic E-state index is 12.7. The molecule has 2 N–H and O–H groups in total. The molecule has 2 aliphatic heterocycles. The van der Waals surface area contributed by atoms with Crippen LogP contribution >= 0.6 is 0 Å². The zero-order chi connectivity index (χ0) is 42.3. The van der Waals surface area contributed by atoms with E-state index in [1.807, 2.05) is 0 Å². The van der Waals surface area contributed by atoms with Gasteiger partial charge in [0.15, 0.2) is 0 Å². The number of Topliss-reactive ketones (excluding diaryl/α,β-unsaturated/α-hetero) is 1. The Labute approximate surface area is 360 Å². The van der Waals surface area contributed by atoms with Gasteiger partial charge in [0.2, 0.25) is 0 Å². The lowest BCUT2D eigenvalue weighted by molar-refractivity contribution is -0.125. The fourth-order valence-electron chi connectivity index (χ4n) is 11.1. The van der Waals surface area contributed by atoms with Crippen molar-refractivity contribution in [1.29, 1.82) is 0 Å². The summed E-state index contributed by atoms with van der Waals surface area (Å²) in [4.78, 5) is 12.7. The fraction of sp³-hybridized carbons (Fsp3) is 0.981. The van der Waals surface area contributed by atoms with Gasteiger partial charge in [-0.3, -0.25) is 4.79 Å². The van der Waals surface area contributed by atoms with Crippen molar-refractivity contribution in [3.63, 3.8) is 0 Å². The van der Waals surface area contributed by atoms with Crippen LogP contribution in [0.5, 0.6) is 0 Å². The normalized spacial score (nSPS) is 19.0. The Balaban J connectivity index is 0.000000570. The third kappa shape index (κ3) is 32.0. The minimum atomic E-state index is 0.0805. The second kappa shape index (κ2) is 32.3. The highest BCUT2D eigenvalue weighted by Crippen LogP contribution is 2.36. The summed E-state index contributed by atoms with van der Waals surface area (Å²) in [6.45, 7) is 23.1. The minimum absolute atomic E-state index is 0.0805. The van der Waals surface area contributed by atoms with Crippen molar-refractivity contribution in [1.82, 2.24) is 10.6 Å². The number of nitrogens with one attached hydrogen (secondary N) is 2. The molecule has 0 saturated carbocycles. The summed E-state index contributed by atoms with van der Waals surface area (Å²) in [5, 5.41) is 7.50. The predicted octanol–water partition coefficient (Wildman–Crippen LogP) is 17.6. The molecule has 2 fully saturated rings. The van der Waals surface area contributed by atoms with Gasteiger partial charge in [0.1, 0.15) is 5.78 Å². The van der Waals surface area contributed by atoms with E-state index in [2.05, 4.69) is 79.9 Å². The molecule has 0 bridgehead atoms. The lowest BCUT2D eigenvalue weighted by Crippen LogP contribution is -2.58. The molecule has 0 aromatic rings. The first-order valence-electron chi connectivity index (χ1n) is 26.2. The molecule has 0 aromatic heterocycles. The van der Waals surface area contributed by atoms with Crippen LogP contribution in [-0.2, 0) is 4.79 Å². The van der Waals surface area contributed by atoms with Crippen LogP contribution in [0, 0.1) is 11.8 Å². The van der Waals surface area contributed by atoms with E-state index in [1.54, 1.807) is 0 Å². The Morgan fingerprint density at radius 2 is 0.614 bits per heavy atom. The van der Waals surface area contributed by atoms with Gasteiger partial charge < -0.3 is 10.6 Å². The van der Waals surface area contributed by atoms with Crippen molar-refractivity contribution >= 4 is 5.78 Å². The highest BCUT2D eigenvalue weighted by atomic mass is 16.1. The summed E-state index contributed by atoms with van der Waals surface area (Å²) in [7, 11) is 0. The van der Waals surface area contributed by atoms with Crippen molar-refractivity contribution in [3.05, 3.63) is 0 Å². The zero-order valence-corrected chi connectivity index (χ0v) is 41.2. The molecule has 2 heterocycles. The van der Waals surface area contributed by atoms with Crippen LogP contribution in [-0.4, -0.2) is 27.9 Å². The Morgan fingerprint density at radius 1 is 0.368 bits per heavy atom. The summed E-state index contributed by atoms with van der Waals surface area (Å²) in [5.74, 6) is 1.70. The average Bonchev–Trinajstić information content (AvgIpc) is 3.10. The monoisotopic (exact) mass is 801 g/mol. The second-order valence-corrected chi connectivity index (χ2v) is 22.4. The lowest BCUT2D eigenvalue weighted by Gasteiger charge is -2.46. The summed E-state index contributed by atoms with van der Waals surface area (Å²) in [6.07, 6.45) is 51.1. The molecule has 3 nitrogen and oxygen atoms in total. The van der Waals surface area contributed by atoms with Gasteiger partial charge in [0.05, 0.1) is 0 Å². The molecule has 0 aromatic carbocycles. The molecule has 2 rings (SSSR count). The van der Waals surface area contributed by atoms with Gasteiger partial charge >= 0.3 is 0 Å². The molecular formula is C54H108N2O. The van der Waals surface area contributed by atoms with Crippen LogP contribution < -0.4 is 10.6 Å². The van der Waals surface area contributed by atoms with E-state index < -0.39 is 0 Å². The summed E-state index contributed by atoms with van der Waals surface area (Å²) >= 11 is 0. The molecule has 2 aliphatic rings.